The van der Waals surface area contributed by atoms with Crippen LogP contribution in [0, 0.1) is 0 Å². The summed E-state index contributed by atoms with van der Waals surface area (Å²) in [6.45, 7) is 5.55. The molecule has 96 valence electrons. The van der Waals surface area contributed by atoms with Crippen LogP contribution in [0.3, 0.4) is 0 Å². The van der Waals surface area contributed by atoms with Crippen LogP contribution in [0.5, 0.6) is 0 Å². The van der Waals surface area contributed by atoms with Crippen LogP contribution in [0.25, 0.3) is 0 Å². The number of aliphatic hydroxyl groups excluding tert-OH is 1. The Morgan fingerprint density at radius 1 is 1.47 bits per heavy atom. The maximum absolute atomic E-state index is 9.62. The molecule has 1 aromatic rings. The molecule has 1 aromatic heterocycles. The number of rotatable bonds is 5. The summed E-state index contributed by atoms with van der Waals surface area (Å²) in [6.07, 6.45) is 4.01. The molecule has 17 heavy (non-hydrogen) atoms. The lowest BCUT2D eigenvalue weighted by Gasteiger charge is -2.29. The van der Waals surface area contributed by atoms with Gasteiger partial charge in [-0.1, -0.05) is 13.3 Å². The van der Waals surface area contributed by atoms with E-state index < -0.39 is 0 Å². The summed E-state index contributed by atoms with van der Waals surface area (Å²) >= 11 is 0. The average molecular weight is 239 g/mol. The van der Waals surface area contributed by atoms with Gasteiger partial charge in [0, 0.05) is 13.1 Å². The zero-order chi connectivity index (χ0) is 12.1. The normalized spacial score (nSPS) is 21.9. The van der Waals surface area contributed by atoms with Gasteiger partial charge < -0.3 is 5.11 Å². The van der Waals surface area contributed by atoms with Gasteiger partial charge >= 0.3 is 0 Å². The number of tetrazole rings is 1. The summed E-state index contributed by atoms with van der Waals surface area (Å²) in [6, 6.07) is 0. The van der Waals surface area contributed by atoms with Gasteiger partial charge in [-0.05, 0) is 36.2 Å². The SMILES string of the molecule is CCCCn1nnnc1CN1CCC[C@H](O)C1. The lowest BCUT2D eigenvalue weighted by Crippen LogP contribution is -2.38. The molecule has 2 rings (SSSR count). The lowest BCUT2D eigenvalue weighted by molar-refractivity contribution is 0.0647. The van der Waals surface area contributed by atoms with Crippen molar-refractivity contribution in [1.29, 1.82) is 0 Å². The first-order valence-electron chi connectivity index (χ1n) is 6.45. The zero-order valence-corrected chi connectivity index (χ0v) is 10.4. The van der Waals surface area contributed by atoms with Crippen molar-refractivity contribution < 1.29 is 5.11 Å². The van der Waals surface area contributed by atoms with E-state index in [9.17, 15) is 5.11 Å². The highest BCUT2D eigenvalue weighted by molar-refractivity contribution is 4.83. The van der Waals surface area contributed by atoms with Crippen molar-refractivity contribution in [3.05, 3.63) is 5.82 Å². The molecule has 0 amide bonds. The Labute approximate surface area is 102 Å². The lowest BCUT2D eigenvalue weighted by atomic mass is 10.1. The molecule has 1 atom stereocenters. The van der Waals surface area contributed by atoms with Gasteiger partial charge in [-0.15, -0.1) is 5.10 Å². The third kappa shape index (κ3) is 3.47. The molecule has 1 N–H and O–H groups in total. The standard InChI is InChI=1S/C11H21N5O/c1-2-3-7-16-11(12-13-14-16)9-15-6-4-5-10(17)8-15/h10,17H,2-9H2,1H3/t10-/m0/s1. The summed E-state index contributed by atoms with van der Waals surface area (Å²) in [5, 5.41) is 21.4. The fraction of sp³-hybridized carbons (Fsp3) is 0.909. The number of hydrogen-bond acceptors (Lipinski definition) is 5. The topological polar surface area (TPSA) is 67.1 Å². The van der Waals surface area contributed by atoms with Crippen LogP contribution in [-0.2, 0) is 13.1 Å². The molecule has 0 saturated carbocycles. The first-order valence-corrected chi connectivity index (χ1v) is 6.45. The van der Waals surface area contributed by atoms with Crippen molar-refractivity contribution in [2.45, 2.75) is 51.8 Å². The maximum Gasteiger partial charge on any atom is 0.165 e. The van der Waals surface area contributed by atoms with Crippen LogP contribution in [0.2, 0.25) is 0 Å². The van der Waals surface area contributed by atoms with E-state index in [0.29, 0.717) is 0 Å². The van der Waals surface area contributed by atoms with Crippen molar-refractivity contribution in [3.63, 3.8) is 0 Å². The molecule has 0 aliphatic carbocycles. The predicted octanol–water partition coefficient (Wildman–Crippen LogP) is 0.430. The Balaban J connectivity index is 1.91. The van der Waals surface area contributed by atoms with Crippen molar-refractivity contribution in [2.24, 2.45) is 0 Å². The molecule has 0 bridgehead atoms. The van der Waals surface area contributed by atoms with E-state index in [4.69, 9.17) is 0 Å². The monoisotopic (exact) mass is 239 g/mol. The molecule has 6 nitrogen and oxygen atoms in total. The Kier molecular flexibility index (Phi) is 4.44. The number of unbranched alkanes of at least 4 members (excludes halogenated alkanes) is 1. The highest BCUT2D eigenvalue weighted by Gasteiger charge is 2.19. The Bertz CT molecular complexity index is 340. The van der Waals surface area contributed by atoms with Crippen LogP contribution in [-0.4, -0.2) is 49.4 Å². The Hall–Kier alpha value is -1.01. The van der Waals surface area contributed by atoms with E-state index >= 15 is 0 Å². The van der Waals surface area contributed by atoms with Crippen molar-refractivity contribution >= 4 is 0 Å². The van der Waals surface area contributed by atoms with Gasteiger partial charge in [-0.3, -0.25) is 4.90 Å². The Morgan fingerprint density at radius 2 is 2.35 bits per heavy atom. The molecule has 1 aliphatic rings. The molecule has 0 radical (unpaired) electrons. The number of β-amino-alcohol motifs (C(OH)–C–C–N with tert-alkyl or cyclic N) is 1. The number of aliphatic hydroxyl groups is 1. The van der Waals surface area contributed by atoms with Crippen LogP contribution < -0.4 is 0 Å². The van der Waals surface area contributed by atoms with Crippen LogP contribution in [0.4, 0.5) is 0 Å². The minimum atomic E-state index is -0.191. The van der Waals surface area contributed by atoms with Gasteiger partial charge in [0.1, 0.15) is 0 Å². The quantitative estimate of drug-likeness (QED) is 0.807. The maximum atomic E-state index is 9.62. The van der Waals surface area contributed by atoms with Gasteiger partial charge in [0.2, 0.25) is 0 Å². The van der Waals surface area contributed by atoms with E-state index in [1.807, 2.05) is 4.68 Å². The second-order valence-corrected chi connectivity index (χ2v) is 4.70. The molecule has 6 heteroatoms. The molecule has 0 unspecified atom stereocenters. The third-order valence-electron chi connectivity index (χ3n) is 3.18. The van der Waals surface area contributed by atoms with E-state index in [0.717, 1.165) is 57.7 Å². The summed E-state index contributed by atoms with van der Waals surface area (Å²) in [5.41, 5.74) is 0. The molecule has 1 aliphatic heterocycles. The highest BCUT2D eigenvalue weighted by atomic mass is 16.3. The minimum Gasteiger partial charge on any atom is -0.392 e. The van der Waals surface area contributed by atoms with Crippen molar-refractivity contribution in [2.75, 3.05) is 13.1 Å². The van der Waals surface area contributed by atoms with E-state index in [-0.39, 0.29) is 6.10 Å². The van der Waals surface area contributed by atoms with Gasteiger partial charge in [0.25, 0.3) is 0 Å². The number of nitrogens with zero attached hydrogens (tertiary/aromatic N) is 5. The molecule has 0 spiro atoms. The molecular weight excluding hydrogens is 218 g/mol. The van der Waals surface area contributed by atoms with Crippen molar-refractivity contribution in [1.82, 2.24) is 25.1 Å². The first kappa shape index (κ1) is 12.4. The van der Waals surface area contributed by atoms with Crippen molar-refractivity contribution in [3.8, 4) is 0 Å². The molecule has 0 aromatic carbocycles. The van der Waals surface area contributed by atoms with Crippen LogP contribution in [0.15, 0.2) is 0 Å². The van der Waals surface area contributed by atoms with E-state index in [1.165, 1.54) is 0 Å². The summed E-state index contributed by atoms with van der Waals surface area (Å²) in [5.74, 6) is 0.910. The van der Waals surface area contributed by atoms with Gasteiger partial charge in [-0.2, -0.15) is 0 Å². The number of piperidine rings is 1. The summed E-state index contributed by atoms with van der Waals surface area (Å²) in [7, 11) is 0. The third-order valence-corrected chi connectivity index (χ3v) is 3.18. The first-order chi connectivity index (χ1) is 8.29. The largest absolute Gasteiger partial charge is 0.392 e. The van der Waals surface area contributed by atoms with E-state index in [2.05, 4.69) is 27.3 Å². The number of aromatic nitrogens is 4. The zero-order valence-electron chi connectivity index (χ0n) is 10.4. The van der Waals surface area contributed by atoms with Crippen LogP contribution >= 0.6 is 0 Å². The second kappa shape index (κ2) is 6.07. The molecule has 2 heterocycles. The van der Waals surface area contributed by atoms with Gasteiger partial charge in [0.15, 0.2) is 5.82 Å². The molecule has 1 saturated heterocycles. The summed E-state index contributed by atoms with van der Waals surface area (Å²) < 4.78 is 1.88. The molecular formula is C11H21N5O. The number of aryl methyl sites for hydroxylation is 1. The van der Waals surface area contributed by atoms with Gasteiger partial charge in [-0.25, -0.2) is 4.68 Å². The second-order valence-electron chi connectivity index (χ2n) is 4.70. The number of hydrogen-bond donors (Lipinski definition) is 1. The van der Waals surface area contributed by atoms with Gasteiger partial charge in [0.05, 0.1) is 12.6 Å². The predicted molar refractivity (Wildman–Crippen MR) is 63.2 cm³/mol. The average Bonchev–Trinajstić information content (AvgIpc) is 2.74. The fourth-order valence-electron chi connectivity index (χ4n) is 2.19. The van der Waals surface area contributed by atoms with E-state index in [1.54, 1.807) is 0 Å². The summed E-state index contributed by atoms with van der Waals surface area (Å²) in [4.78, 5) is 2.22. The number of likely N-dealkylation sites (tertiary alicyclic amines) is 1. The smallest absolute Gasteiger partial charge is 0.165 e. The van der Waals surface area contributed by atoms with Crippen LogP contribution in [0.1, 0.15) is 38.4 Å². The Morgan fingerprint density at radius 3 is 3.12 bits per heavy atom. The highest BCUT2D eigenvalue weighted by Crippen LogP contribution is 2.12. The fourth-order valence-corrected chi connectivity index (χ4v) is 2.19. The molecule has 1 fully saturated rings. The minimum absolute atomic E-state index is 0.191.